The molecule has 8 heteroatoms. The van der Waals surface area contributed by atoms with Gasteiger partial charge in [0.1, 0.15) is 5.82 Å². The summed E-state index contributed by atoms with van der Waals surface area (Å²) in [7, 11) is 0. The highest BCUT2D eigenvalue weighted by Crippen LogP contribution is 2.31. The van der Waals surface area contributed by atoms with Crippen LogP contribution in [0.2, 0.25) is 5.02 Å². The molecule has 0 fully saturated rings. The molecule has 148 valence electrons. The Morgan fingerprint density at radius 1 is 1.24 bits per heavy atom. The van der Waals surface area contributed by atoms with Gasteiger partial charge in [0.25, 0.3) is 0 Å². The quantitative estimate of drug-likeness (QED) is 0.538. The molecule has 0 saturated carbocycles. The van der Waals surface area contributed by atoms with Gasteiger partial charge in [-0.25, -0.2) is 9.37 Å². The average molecular weight is 430 g/mol. The van der Waals surface area contributed by atoms with Crippen LogP contribution in [-0.4, -0.2) is 16.8 Å². The van der Waals surface area contributed by atoms with Crippen LogP contribution in [0.5, 0.6) is 0 Å². The zero-order valence-electron chi connectivity index (χ0n) is 15.6. The number of aryl methyl sites for hydroxylation is 1. The Balaban J connectivity index is 1.76. The number of anilines is 3. The maximum absolute atomic E-state index is 14.1. The third-order valence-electron chi connectivity index (χ3n) is 3.90. The molecule has 0 radical (unpaired) electrons. The molecule has 0 aliphatic rings. The van der Waals surface area contributed by atoms with Crippen LogP contribution in [-0.2, 0) is 9.59 Å². The van der Waals surface area contributed by atoms with Gasteiger partial charge in [-0.15, -0.1) is 11.3 Å². The minimum Gasteiger partial charge on any atom is -0.321 e. The smallest absolute Gasteiger partial charge is 0.248 e. The summed E-state index contributed by atoms with van der Waals surface area (Å²) in [4.78, 5) is 29.7. The van der Waals surface area contributed by atoms with E-state index in [-0.39, 0.29) is 17.5 Å². The number of nitrogens with zero attached hydrogens (tertiary/aromatic N) is 2. The Morgan fingerprint density at radius 3 is 2.69 bits per heavy atom. The highest BCUT2D eigenvalue weighted by atomic mass is 35.5. The number of carbonyl (C=O) groups excluding carboxylic acids is 2. The van der Waals surface area contributed by atoms with Gasteiger partial charge in [0, 0.05) is 18.4 Å². The van der Waals surface area contributed by atoms with Crippen molar-refractivity contribution in [3.05, 3.63) is 76.0 Å². The lowest BCUT2D eigenvalue weighted by molar-refractivity contribution is -0.116. The Labute approximate surface area is 176 Å². The van der Waals surface area contributed by atoms with E-state index in [1.54, 1.807) is 29.6 Å². The van der Waals surface area contributed by atoms with Crippen LogP contribution in [0.1, 0.15) is 18.2 Å². The van der Waals surface area contributed by atoms with Crippen LogP contribution in [0.25, 0.3) is 6.08 Å². The van der Waals surface area contributed by atoms with Crippen molar-refractivity contribution in [3.8, 4) is 0 Å². The van der Waals surface area contributed by atoms with Gasteiger partial charge in [0.05, 0.1) is 22.1 Å². The van der Waals surface area contributed by atoms with E-state index >= 15 is 0 Å². The van der Waals surface area contributed by atoms with Crippen LogP contribution >= 0.6 is 22.9 Å². The molecule has 2 aromatic carbocycles. The van der Waals surface area contributed by atoms with Gasteiger partial charge in [0.2, 0.25) is 11.8 Å². The minimum absolute atomic E-state index is 0.122. The van der Waals surface area contributed by atoms with Gasteiger partial charge in [-0.1, -0.05) is 29.8 Å². The highest BCUT2D eigenvalue weighted by Gasteiger charge is 2.20. The first-order valence-electron chi connectivity index (χ1n) is 8.61. The fourth-order valence-electron chi connectivity index (χ4n) is 2.55. The van der Waals surface area contributed by atoms with Crippen molar-refractivity contribution in [1.29, 1.82) is 0 Å². The number of para-hydroxylation sites is 1. The second-order valence-corrected chi connectivity index (χ2v) is 7.41. The summed E-state index contributed by atoms with van der Waals surface area (Å²) in [6.07, 6.45) is 2.83. The normalized spacial score (nSPS) is 10.9. The number of hydrogen-bond donors (Lipinski definition) is 1. The van der Waals surface area contributed by atoms with Crippen LogP contribution in [0.3, 0.4) is 0 Å². The van der Waals surface area contributed by atoms with Crippen LogP contribution in [0, 0.1) is 12.7 Å². The molecule has 3 aromatic rings. The number of aromatic nitrogens is 1. The standard InChI is InChI=1S/C21H17ClFN3O2S/c1-13-7-9-18(16(22)11-13)25-20(28)10-8-15-12-29-21(24-15)26(14(2)27)19-6-4-3-5-17(19)23/h3-12H,1-2H3,(H,25,28)/b10-8+. The molecule has 29 heavy (non-hydrogen) atoms. The molecule has 5 nitrogen and oxygen atoms in total. The number of nitrogens with one attached hydrogen (secondary N) is 1. The SMILES string of the molecule is CC(=O)N(c1nc(/C=C/C(=O)Nc2ccc(C)cc2Cl)cs1)c1ccccc1F. The van der Waals surface area contributed by atoms with Crippen molar-refractivity contribution in [1.82, 2.24) is 4.98 Å². The maximum Gasteiger partial charge on any atom is 0.248 e. The van der Waals surface area contributed by atoms with Crippen LogP contribution in [0.15, 0.2) is 53.9 Å². The lowest BCUT2D eigenvalue weighted by Crippen LogP contribution is -2.23. The van der Waals surface area contributed by atoms with Gasteiger partial charge in [-0.05, 0) is 42.8 Å². The summed E-state index contributed by atoms with van der Waals surface area (Å²) < 4.78 is 14.1. The summed E-state index contributed by atoms with van der Waals surface area (Å²) >= 11 is 7.28. The van der Waals surface area contributed by atoms with Crippen molar-refractivity contribution in [2.24, 2.45) is 0 Å². The highest BCUT2D eigenvalue weighted by molar-refractivity contribution is 7.14. The third kappa shape index (κ3) is 5.07. The van der Waals surface area contributed by atoms with E-state index < -0.39 is 5.82 Å². The first-order chi connectivity index (χ1) is 13.8. The molecule has 1 N–H and O–H groups in total. The van der Waals surface area contributed by atoms with Gasteiger partial charge in [-0.2, -0.15) is 0 Å². The molecule has 2 amide bonds. The maximum atomic E-state index is 14.1. The largest absolute Gasteiger partial charge is 0.321 e. The molecule has 0 unspecified atom stereocenters. The first kappa shape index (κ1) is 20.7. The summed E-state index contributed by atoms with van der Waals surface area (Å²) in [5.41, 5.74) is 2.09. The molecule has 1 heterocycles. The van der Waals surface area contributed by atoms with E-state index in [1.165, 1.54) is 47.4 Å². The molecule has 3 rings (SSSR count). The lowest BCUT2D eigenvalue weighted by Gasteiger charge is -2.18. The van der Waals surface area contributed by atoms with Gasteiger partial charge in [-0.3, -0.25) is 14.5 Å². The Morgan fingerprint density at radius 2 is 2.00 bits per heavy atom. The number of hydrogen-bond acceptors (Lipinski definition) is 4. The predicted molar refractivity (Wildman–Crippen MR) is 115 cm³/mol. The summed E-state index contributed by atoms with van der Waals surface area (Å²) in [5.74, 6) is -1.26. The van der Waals surface area contributed by atoms with Crippen molar-refractivity contribution in [2.75, 3.05) is 10.2 Å². The minimum atomic E-state index is -0.524. The number of rotatable bonds is 5. The van der Waals surface area contributed by atoms with Crippen molar-refractivity contribution in [3.63, 3.8) is 0 Å². The van der Waals surface area contributed by atoms with E-state index in [0.717, 1.165) is 5.56 Å². The molecule has 0 aliphatic carbocycles. The fraction of sp³-hybridized carbons (Fsp3) is 0.0952. The molecule has 0 bridgehead atoms. The van der Waals surface area contributed by atoms with Gasteiger partial charge < -0.3 is 5.32 Å². The second-order valence-electron chi connectivity index (χ2n) is 6.17. The third-order valence-corrected chi connectivity index (χ3v) is 5.05. The molecule has 0 saturated heterocycles. The number of carbonyl (C=O) groups is 2. The number of amides is 2. The summed E-state index contributed by atoms with van der Waals surface area (Å²) in [5, 5.41) is 5.13. The van der Waals surface area contributed by atoms with Crippen LogP contribution < -0.4 is 10.2 Å². The first-order valence-corrected chi connectivity index (χ1v) is 9.87. The second kappa shape index (κ2) is 8.98. The molecular weight excluding hydrogens is 413 g/mol. The Hall–Kier alpha value is -3.03. The molecule has 0 atom stereocenters. The molecule has 1 aromatic heterocycles. The van der Waals surface area contributed by atoms with Gasteiger partial charge >= 0.3 is 0 Å². The Kier molecular flexibility index (Phi) is 6.41. The number of benzene rings is 2. The summed E-state index contributed by atoms with van der Waals surface area (Å²) in [6.45, 7) is 3.24. The van der Waals surface area contributed by atoms with Crippen molar-refractivity contribution in [2.45, 2.75) is 13.8 Å². The number of thiazole rings is 1. The zero-order chi connectivity index (χ0) is 21.0. The fourth-order valence-corrected chi connectivity index (χ4v) is 3.68. The monoisotopic (exact) mass is 429 g/mol. The van der Waals surface area contributed by atoms with Gasteiger partial charge in [0.15, 0.2) is 5.13 Å². The topological polar surface area (TPSA) is 62.3 Å². The Bertz CT molecular complexity index is 1100. The summed E-state index contributed by atoms with van der Waals surface area (Å²) in [6, 6.07) is 11.3. The van der Waals surface area contributed by atoms with E-state index in [2.05, 4.69) is 10.3 Å². The van der Waals surface area contributed by atoms with E-state index in [4.69, 9.17) is 11.6 Å². The lowest BCUT2D eigenvalue weighted by atomic mass is 10.2. The average Bonchev–Trinajstić information content (AvgIpc) is 3.12. The zero-order valence-corrected chi connectivity index (χ0v) is 17.2. The van der Waals surface area contributed by atoms with E-state index in [9.17, 15) is 14.0 Å². The number of halogens is 2. The van der Waals surface area contributed by atoms with Crippen molar-refractivity contribution >= 4 is 57.3 Å². The predicted octanol–water partition coefficient (Wildman–Crippen LogP) is 5.58. The molecule has 0 spiro atoms. The van der Waals surface area contributed by atoms with Crippen molar-refractivity contribution < 1.29 is 14.0 Å². The molecular formula is C21H17ClFN3O2S. The van der Waals surface area contributed by atoms with Crippen LogP contribution in [0.4, 0.5) is 20.9 Å². The molecule has 0 aliphatic heterocycles. The van der Waals surface area contributed by atoms with E-state index in [0.29, 0.717) is 21.5 Å². The van der Waals surface area contributed by atoms with E-state index in [1.807, 2.05) is 13.0 Å².